The Morgan fingerprint density at radius 2 is 2.00 bits per heavy atom. The second kappa shape index (κ2) is 5.56. The third-order valence-corrected chi connectivity index (χ3v) is 5.08. The molecule has 106 valence electrons. The summed E-state index contributed by atoms with van der Waals surface area (Å²) < 4.78 is 28.0. The smallest absolute Gasteiger partial charge is 0.354 e. The van der Waals surface area contributed by atoms with Crippen LogP contribution in [0.2, 0.25) is 0 Å². The zero-order valence-corrected chi connectivity index (χ0v) is 11.9. The Kier molecular flexibility index (Phi) is 4.52. The molecule has 0 radical (unpaired) electrons. The normalized spacial score (nSPS) is 12.2. The number of nitrogens with zero attached hydrogens (tertiary/aromatic N) is 1. The fraction of sp³-hybridized carbons (Fsp3) is 0.500. The van der Waals surface area contributed by atoms with Crippen molar-refractivity contribution in [2.75, 3.05) is 12.4 Å². The number of rotatable bonds is 5. The number of sulfone groups is 1. The molecule has 0 amide bonds. The van der Waals surface area contributed by atoms with Crippen LogP contribution in [0.5, 0.6) is 5.75 Å². The number of ether oxygens (including phenoxy) is 1. The van der Waals surface area contributed by atoms with Gasteiger partial charge in [-0.05, 0) is 32.9 Å². The lowest BCUT2D eigenvalue weighted by Gasteiger charge is -2.19. The number of pyridine rings is 1. The van der Waals surface area contributed by atoms with Crippen molar-refractivity contribution in [3.63, 3.8) is 0 Å². The first-order chi connectivity index (χ1) is 8.63. The first-order valence-electron chi connectivity index (χ1n) is 5.68. The van der Waals surface area contributed by atoms with Gasteiger partial charge >= 0.3 is 5.97 Å². The third-order valence-electron chi connectivity index (χ3n) is 2.51. The van der Waals surface area contributed by atoms with Crippen LogP contribution in [0.4, 0.5) is 0 Å². The Balaban J connectivity index is 2.57. The van der Waals surface area contributed by atoms with E-state index in [9.17, 15) is 13.2 Å². The molecule has 0 spiro atoms. The Morgan fingerprint density at radius 1 is 1.37 bits per heavy atom. The van der Waals surface area contributed by atoms with E-state index in [4.69, 9.17) is 9.84 Å². The Morgan fingerprint density at radius 3 is 2.42 bits per heavy atom. The zero-order chi connectivity index (χ0) is 14.7. The molecule has 0 aliphatic carbocycles. The van der Waals surface area contributed by atoms with Crippen molar-refractivity contribution in [3.05, 3.63) is 24.0 Å². The second-order valence-electron chi connectivity index (χ2n) is 4.96. The van der Waals surface area contributed by atoms with Crippen LogP contribution in [-0.2, 0) is 9.84 Å². The standard InChI is InChI=1S/C12H17NO5S/c1-12(2,3)19(16,17)7-6-18-9-4-5-10(11(14)15)13-8-9/h4-5,8H,6-7H2,1-3H3,(H,14,15). The maximum atomic E-state index is 11.8. The van der Waals surface area contributed by atoms with Crippen LogP contribution in [0.3, 0.4) is 0 Å². The van der Waals surface area contributed by atoms with E-state index < -0.39 is 20.6 Å². The monoisotopic (exact) mass is 287 g/mol. The highest BCUT2D eigenvalue weighted by Crippen LogP contribution is 2.16. The van der Waals surface area contributed by atoms with Crippen LogP contribution in [0.15, 0.2) is 18.3 Å². The van der Waals surface area contributed by atoms with Gasteiger partial charge in [0.05, 0.1) is 16.7 Å². The molecular formula is C12H17NO5S. The summed E-state index contributed by atoms with van der Waals surface area (Å²) in [5, 5.41) is 8.67. The van der Waals surface area contributed by atoms with Crippen LogP contribution in [0.25, 0.3) is 0 Å². The van der Waals surface area contributed by atoms with Gasteiger partial charge in [-0.1, -0.05) is 0 Å². The molecule has 1 N–H and O–H groups in total. The summed E-state index contributed by atoms with van der Waals surface area (Å²) >= 11 is 0. The number of carboxylic acids is 1. The summed E-state index contributed by atoms with van der Waals surface area (Å²) in [5.74, 6) is -0.882. The number of hydrogen-bond donors (Lipinski definition) is 1. The summed E-state index contributed by atoms with van der Waals surface area (Å²) in [4.78, 5) is 14.3. The SMILES string of the molecule is CC(C)(C)S(=O)(=O)CCOc1ccc(C(=O)O)nc1. The van der Waals surface area contributed by atoms with Gasteiger partial charge in [0, 0.05) is 0 Å². The molecule has 0 aromatic carbocycles. The summed E-state index contributed by atoms with van der Waals surface area (Å²) in [6.45, 7) is 4.90. The highest BCUT2D eigenvalue weighted by atomic mass is 32.2. The lowest BCUT2D eigenvalue weighted by atomic mass is 10.3. The largest absolute Gasteiger partial charge is 0.491 e. The molecule has 6 nitrogen and oxygen atoms in total. The van der Waals surface area contributed by atoms with E-state index in [0.717, 1.165) is 0 Å². The number of hydrogen-bond acceptors (Lipinski definition) is 5. The molecule has 19 heavy (non-hydrogen) atoms. The first kappa shape index (κ1) is 15.4. The number of carbonyl (C=O) groups is 1. The molecule has 0 saturated carbocycles. The molecule has 7 heteroatoms. The maximum absolute atomic E-state index is 11.8. The number of aromatic nitrogens is 1. The van der Waals surface area contributed by atoms with Crippen molar-refractivity contribution in [3.8, 4) is 5.75 Å². The molecule has 0 bridgehead atoms. The predicted molar refractivity (Wildman–Crippen MR) is 70.2 cm³/mol. The molecule has 0 fully saturated rings. The van der Waals surface area contributed by atoms with Crippen LogP contribution >= 0.6 is 0 Å². The van der Waals surface area contributed by atoms with Crippen LogP contribution in [0, 0.1) is 0 Å². The molecule has 1 aromatic heterocycles. The van der Waals surface area contributed by atoms with E-state index in [1.165, 1.54) is 18.3 Å². The minimum atomic E-state index is -3.23. The van der Waals surface area contributed by atoms with E-state index >= 15 is 0 Å². The number of aromatic carboxylic acids is 1. The van der Waals surface area contributed by atoms with Crippen molar-refractivity contribution in [2.24, 2.45) is 0 Å². The molecule has 0 unspecified atom stereocenters. The van der Waals surface area contributed by atoms with Crippen molar-refractivity contribution < 1.29 is 23.1 Å². The summed E-state index contributed by atoms with van der Waals surface area (Å²) in [6, 6.07) is 2.75. The Bertz CT molecular complexity index is 542. The van der Waals surface area contributed by atoms with E-state index in [1.54, 1.807) is 20.8 Å². The second-order valence-corrected chi connectivity index (χ2v) is 7.83. The Hall–Kier alpha value is -1.63. The Labute approximate surface area is 112 Å². The lowest BCUT2D eigenvalue weighted by molar-refractivity contribution is 0.0690. The summed E-state index contributed by atoms with van der Waals surface area (Å²) in [5.41, 5.74) is -0.0883. The van der Waals surface area contributed by atoms with Gasteiger partial charge in [0.25, 0.3) is 0 Å². The van der Waals surface area contributed by atoms with Crippen LogP contribution in [-0.4, -0.2) is 41.6 Å². The van der Waals surface area contributed by atoms with Crippen LogP contribution in [0.1, 0.15) is 31.3 Å². The highest BCUT2D eigenvalue weighted by Gasteiger charge is 2.28. The van der Waals surface area contributed by atoms with Gasteiger partial charge in [-0.2, -0.15) is 0 Å². The van der Waals surface area contributed by atoms with E-state index in [2.05, 4.69) is 4.98 Å². The molecule has 0 saturated heterocycles. The topological polar surface area (TPSA) is 93.6 Å². The minimum absolute atomic E-state index is 0.00764. The predicted octanol–water partition coefficient (Wildman–Crippen LogP) is 1.37. The molecule has 0 aliphatic rings. The van der Waals surface area contributed by atoms with E-state index in [-0.39, 0.29) is 18.1 Å². The maximum Gasteiger partial charge on any atom is 0.354 e. The molecule has 0 aliphatic heterocycles. The average Bonchev–Trinajstić information content (AvgIpc) is 2.28. The fourth-order valence-electron chi connectivity index (χ4n) is 1.17. The molecule has 0 atom stereocenters. The fourth-order valence-corrected chi connectivity index (χ4v) is 2.08. The minimum Gasteiger partial charge on any atom is -0.491 e. The van der Waals surface area contributed by atoms with E-state index in [1.807, 2.05) is 0 Å². The zero-order valence-electron chi connectivity index (χ0n) is 11.1. The van der Waals surface area contributed by atoms with Gasteiger partial charge in [0.2, 0.25) is 0 Å². The van der Waals surface area contributed by atoms with Crippen molar-refractivity contribution in [1.82, 2.24) is 4.98 Å². The molecule has 1 heterocycles. The van der Waals surface area contributed by atoms with Crippen molar-refractivity contribution in [1.29, 1.82) is 0 Å². The van der Waals surface area contributed by atoms with Gasteiger partial charge in [-0.3, -0.25) is 0 Å². The molecular weight excluding hydrogens is 270 g/mol. The third kappa shape index (κ3) is 4.20. The van der Waals surface area contributed by atoms with Gasteiger partial charge < -0.3 is 9.84 Å². The number of carboxylic acid groups (broad SMARTS) is 1. The molecule has 1 aromatic rings. The van der Waals surface area contributed by atoms with Gasteiger partial charge in [-0.15, -0.1) is 0 Å². The van der Waals surface area contributed by atoms with Crippen LogP contribution < -0.4 is 4.74 Å². The quantitative estimate of drug-likeness (QED) is 0.879. The van der Waals surface area contributed by atoms with Gasteiger partial charge in [0.15, 0.2) is 9.84 Å². The van der Waals surface area contributed by atoms with Gasteiger partial charge in [-0.25, -0.2) is 18.2 Å². The van der Waals surface area contributed by atoms with Gasteiger partial charge in [0.1, 0.15) is 18.1 Å². The van der Waals surface area contributed by atoms with E-state index in [0.29, 0.717) is 5.75 Å². The summed E-state index contributed by atoms with van der Waals surface area (Å²) in [6.07, 6.45) is 1.26. The molecule has 1 rings (SSSR count). The lowest BCUT2D eigenvalue weighted by Crippen LogP contribution is -2.32. The highest BCUT2D eigenvalue weighted by molar-refractivity contribution is 7.92. The van der Waals surface area contributed by atoms with Crippen molar-refractivity contribution >= 4 is 15.8 Å². The first-order valence-corrected chi connectivity index (χ1v) is 7.33. The summed E-state index contributed by atoms with van der Waals surface area (Å²) in [7, 11) is -3.23. The average molecular weight is 287 g/mol. The van der Waals surface area contributed by atoms with Crippen molar-refractivity contribution in [2.45, 2.75) is 25.5 Å².